The molecular weight excluding hydrogens is 380 g/mol. The monoisotopic (exact) mass is 404 g/mol. The van der Waals surface area contributed by atoms with E-state index in [-0.39, 0.29) is 5.41 Å². The number of rotatable bonds is 8. The van der Waals surface area contributed by atoms with E-state index in [4.69, 9.17) is 0 Å². The summed E-state index contributed by atoms with van der Waals surface area (Å²) in [5, 5.41) is 1.80. The lowest BCUT2D eigenvalue weighted by atomic mass is 9.78. The minimum Gasteiger partial charge on any atom is -0.156 e. The summed E-state index contributed by atoms with van der Waals surface area (Å²) in [5.41, 5.74) is 2.84. The molecule has 2 aliphatic heterocycles. The van der Waals surface area contributed by atoms with Gasteiger partial charge in [0.15, 0.2) is 0 Å². The molecule has 132 valence electrons. The molecular formula is C21H24S4. The van der Waals surface area contributed by atoms with Crippen LogP contribution in [0, 0.1) is 0 Å². The Labute approximate surface area is 168 Å². The van der Waals surface area contributed by atoms with E-state index in [0.29, 0.717) is 0 Å². The second-order valence-corrected chi connectivity index (χ2v) is 12.1. The number of hydrogen-bond acceptors (Lipinski definition) is 4. The van der Waals surface area contributed by atoms with Gasteiger partial charge in [-0.2, -0.15) is 23.5 Å². The van der Waals surface area contributed by atoms with Crippen molar-refractivity contribution in [3.8, 4) is 0 Å². The highest BCUT2D eigenvalue weighted by atomic mass is 32.2. The van der Waals surface area contributed by atoms with Gasteiger partial charge in [-0.1, -0.05) is 38.1 Å². The topological polar surface area (TPSA) is 0 Å². The van der Waals surface area contributed by atoms with Crippen LogP contribution in [0.1, 0.15) is 25.0 Å². The third-order valence-electron chi connectivity index (χ3n) is 4.83. The van der Waals surface area contributed by atoms with Gasteiger partial charge in [-0.15, -0.1) is 23.5 Å². The van der Waals surface area contributed by atoms with Crippen molar-refractivity contribution in [1.82, 2.24) is 0 Å². The van der Waals surface area contributed by atoms with Crippen LogP contribution in [0.4, 0.5) is 0 Å². The largest absolute Gasteiger partial charge is 0.156 e. The molecule has 0 amide bonds. The van der Waals surface area contributed by atoms with E-state index >= 15 is 0 Å². The molecule has 0 radical (unpaired) electrons. The van der Waals surface area contributed by atoms with Crippen molar-refractivity contribution in [2.45, 2.75) is 39.6 Å². The molecule has 0 N–H and O–H groups in total. The van der Waals surface area contributed by atoms with Crippen molar-refractivity contribution >= 4 is 47.0 Å². The highest BCUT2D eigenvalue weighted by molar-refractivity contribution is 8.09. The first-order valence-electron chi connectivity index (χ1n) is 8.81. The molecule has 0 bridgehead atoms. The number of hydrogen-bond donors (Lipinski definition) is 0. The first-order valence-corrected chi connectivity index (χ1v) is 12.9. The van der Waals surface area contributed by atoms with E-state index in [9.17, 15) is 0 Å². The van der Waals surface area contributed by atoms with Crippen molar-refractivity contribution in [2.75, 3.05) is 23.0 Å². The third-order valence-corrected chi connectivity index (χ3v) is 9.54. The first-order chi connectivity index (χ1) is 12.1. The molecule has 25 heavy (non-hydrogen) atoms. The van der Waals surface area contributed by atoms with Crippen molar-refractivity contribution in [1.29, 1.82) is 0 Å². The van der Waals surface area contributed by atoms with Crippen molar-refractivity contribution in [2.24, 2.45) is 0 Å². The van der Waals surface area contributed by atoms with Gasteiger partial charge in [0.05, 0.1) is 0 Å². The molecule has 2 fully saturated rings. The zero-order valence-corrected chi connectivity index (χ0v) is 18.0. The minimum atomic E-state index is 0.0467. The predicted molar refractivity (Wildman–Crippen MR) is 119 cm³/mol. The van der Waals surface area contributed by atoms with Crippen LogP contribution >= 0.6 is 47.0 Å². The molecule has 0 aliphatic carbocycles. The Hall–Kier alpha value is -0.160. The summed E-state index contributed by atoms with van der Waals surface area (Å²) >= 11 is 8.15. The van der Waals surface area contributed by atoms with Gasteiger partial charge in [0, 0.05) is 48.7 Å². The fraction of sp³-hybridized carbons (Fsp3) is 0.429. The lowest BCUT2D eigenvalue weighted by Crippen LogP contribution is -2.18. The van der Waals surface area contributed by atoms with Gasteiger partial charge in [-0.25, -0.2) is 0 Å². The van der Waals surface area contributed by atoms with Crippen LogP contribution in [0.15, 0.2) is 58.3 Å². The van der Waals surface area contributed by atoms with E-state index < -0.39 is 0 Å². The van der Waals surface area contributed by atoms with Crippen LogP contribution in [0.2, 0.25) is 0 Å². The summed E-state index contributed by atoms with van der Waals surface area (Å²) in [4.78, 5) is 2.80. The molecule has 0 saturated carbocycles. The lowest BCUT2D eigenvalue weighted by Gasteiger charge is -2.26. The average molecular weight is 405 g/mol. The van der Waals surface area contributed by atoms with Crippen molar-refractivity contribution in [3.63, 3.8) is 0 Å². The molecule has 2 unspecified atom stereocenters. The van der Waals surface area contributed by atoms with Crippen LogP contribution < -0.4 is 0 Å². The summed E-state index contributed by atoms with van der Waals surface area (Å²) in [7, 11) is 0. The van der Waals surface area contributed by atoms with Gasteiger partial charge >= 0.3 is 0 Å². The maximum Gasteiger partial charge on any atom is 0.0232 e. The molecule has 0 aromatic heterocycles. The maximum absolute atomic E-state index is 2.33. The van der Waals surface area contributed by atoms with Gasteiger partial charge in [-0.05, 0) is 35.4 Å². The molecule has 2 heterocycles. The van der Waals surface area contributed by atoms with E-state index in [2.05, 4.69) is 85.9 Å². The zero-order chi connectivity index (χ0) is 17.3. The van der Waals surface area contributed by atoms with Gasteiger partial charge in [0.25, 0.3) is 0 Å². The molecule has 4 rings (SSSR count). The Morgan fingerprint density at radius 2 is 1.12 bits per heavy atom. The molecule has 2 aromatic carbocycles. The quantitative estimate of drug-likeness (QED) is 0.367. The van der Waals surface area contributed by atoms with E-state index in [0.717, 1.165) is 10.5 Å². The standard InChI is InChI=1S/C21H24S4/c1-21(2,15-3-7-17(8-4-15)22-11-19-13-24-19)16-5-9-18(10-6-16)23-12-20-14-25-20/h3-10,19-20H,11-14H2,1-2H3. The summed E-state index contributed by atoms with van der Waals surface area (Å²) in [6, 6.07) is 18.5. The smallest absolute Gasteiger partial charge is 0.0232 e. The van der Waals surface area contributed by atoms with Crippen molar-refractivity contribution in [3.05, 3.63) is 59.7 Å². The maximum atomic E-state index is 2.33. The van der Waals surface area contributed by atoms with Crippen LogP contribution in [-0.2, 0) is 5.41 Å². The predicted octanol–water partition coefficient (Wildman–Crippen LogP) is 6.43. The molecule has 2 aliphatic rings. The van der Waals surface area contributed by atoms with Crippen LogP contribution in [0.3, 0.4) is 0 Å². The normalized spacial score (nSPS) is 22.0. The second kappa shape index (κ2) is 7.84. The lowest BCUT2D eigenvalue weighted by molar-refractivity contribution is 0.639. The Balaban J connectivity index is 1.41. The SMILES string of the molecule is CC(C)(c1ccc(SCC2CS2)cc1)c1ccc(SCC2CS2)cc1. The highest BCUT2D eigenvalue weighted by Crippen LogP contribution is 2.38. The molecule has 2 saturated heterocycles. The number of thioether (sulfide) groups is 4. The van der Waals surface area contributed by atoms with Gasteiger partial charge < -0.3 is 0 Å². The zero-order valence-electron chi connectivity index (χ0n) is 14.7. The Morgan fingerprint density at radius 1 is 0.760 bits per heavy atom. The van der Waals surface area contributed by atoms with E-state index in [1.807, 2.05) is 23.5 Å². The van der Waals surface area contributed by atoms with Gasteiger partial charge in [-0.3, -0.25) is 0 Å². The molecule has 2 aromatic rings. The summed E-state index contributed by atoms with van der Waals surface area (Å²) in [5.74, 6) is 5.22. The van der Waals surface area contributed by atoms with Crippen LogP contribution in [0.25, 0.3) is 0 Å². The van der Waals surface area contributed by atoms with Crippen LogP contribution in [-0.4, -0.2) is 33.5 Å². The Kier molecular flexibility index (Phi) is 5.71. The van der Waals surface area contributed by atoms with Gasteiger partial charge in [0.2, 0.25) is 0 Å². The molecule has 4 heteroatoms. The first kappa shape index (κ1) is 18.2. The highest BCUT2D eigenvalue weighted by Gasteiger charge is 2.25. The Morgan fingerprint density at radius 3 is 1.44 bits per heavy atom. The fourth-order valence-corrected chi connectivity index (χ4v) is 6.44. The molecule has 0 spiro atoms. The van der Waals surface area contributed by atoms with E-state index in [1.54, 1.807) is 0 Å². The average Bonchev–Trinajstić information content (AvgIpc) is 3.54. The summed E-state index contributed by atoms with van der Waals surface area (Å²) in [6.45, 7) is 4.66. The Bertz CT molecular complexity index is 636. The number of benzene rings is 2. The summed E-state index contributed by atoms with van der Waals surface area (Å²) in [6.07, 6.45) is 0. The molecule has 0 nitrogen and oxygen atoms in total. The van der Waals surface area contributed by atoms with Crippen LogP contribution in [0.5, 0.6) is 0 Å². The third kappa shape index (κ3) is 4.97. The molecule has 2 atom stereocenters. The van der Waals surface area contributed by atoms with E-state index in [1.165, 1.54) is 43.9 Å². The second-order valence-electron chi connectivity index (χ2n) is 7.21. The minimum absolute atomic E-state index is 0.0467. The van der Waals surface area contributed by atoms with Gasteiger partial charge in [0.1, 0.15) is 0 Å². The van der Waals surface area contributed by atoms with Crippen molar-refractivity contribution < 1.29 is 0 Å². The fourth-order valence-electron chi connectivity index (χ4n) is 2.81. The summed E-state index contributed by atoms with van der Waals surface area (Å²) < 4.78 is 0.